The van der Waals surface area contributed by atoms with Crippen molar-refractivity contribution in [3.63, 3.8) is 0 Å². The maximum atomic E-state index is 13.4. The molecule has 6 heteroatoms. The molecule has 6 nitrogen and oxygen atoms in total. The Bertz CT molecular complexity index is 1080. The number of carbonyl (C=O) groups excluding carboxylic acids is 1. The fourth-order valence-electron chi connectivity index (χ4n) is 4.37. The third kappa shape index (κ3) is 2.90. The summed E-state index contributed by atoms with van der Waals surface area (Å²) in [4.78, 5) is 18.1. The second-order valence-corrected chi connectivity index (χ2v) is 8.00. The molecule has 1 fully saturated rings. The molecule has 29 heavy (non-hydrogen) atoms. The van der Waals surface area contributed by atoms with E-state index in [1.165, 1.54) is 0 Å². The van der Waals surface area contributed by atoms with Gasteiger partial charge in [-0.3, -0.25) is 4.79 Å². The van der Waals surface area contributed by atoms with Crippen LogP contribution < -0.4 is 10.2 Å². The lowest BCUT2D eigenvalue weighted by Crippen LogP contribution is -2.44. The molecule has 0 amide bonds. The van der Waals surface area contributed by atoms with Crippen molar-refractivity contribution in [2.45, 2.75) is 19.8 Å². The molecule has 0 unspecified atom stereocenters. The number of hydrogen-bond donors (Lipinski definition) is 1. The summed E-state index contributed by atoms with van der Waals surface area (Å²) in [5, 5.41) is 8.83. The van der Waals surface area contributed by atoms with Gasteiger partial charge in [0.2, 0.25) is 0 Å². The molecule has 1 N–H and O–H groups in total. The van der Waals surface area contributed by atoms with Crippen LogP contribution in [0.3, 0.4) is 0 Å². The lowest BCUT2D eigenvalue weighted by atomic mass is 9.86. The van der Waals surface area contributed by atoms with Crippen molar-refractivity contribution >= 4 is 28.1 Å². The molecule has 2 aromatic carbocycles. The van der Waals surface area contributed by atoms with E-state index in [-0.39, 0.29) is 5.78 Å². The van der Waals surface area contributed by atoms with E-state index >= 15 is 0 Å². The van der Waals surface area contributed by atoms with Crippen LogP contribution in [0.25, 0.3) is 22.2 Å². The van der Waals surface area contributed by atoms with Gasteiger partial charge in [0.25, 0.3) is 0 Å². The highest BCUT2D eigenvalue weighted by molar-refractivity contribution is 6.28. The quantitative estimate of drug-likeness (QED) is 0.520. The standard InChI is InChI=1S/C23H26N4O2/c1-3-4-9-24-17-14-18(27-12-10-26(2)11-13-27)21-20-19(17)22(28)15-7-5-6-8-16(15)23(20)29-25-21/h5-8,14,24H,3-4,9-13H2,1-2H3. The molecule has 0 atom stereocenters. The Morgan fingerprint density at radius 3 is 2.66 bits per heavy atom. The molecule has 1 aliphatic carbocycles. The van der Waals surface area contributed by atoms with Gasteiger partial charge in [0.15, 0.2) is 11.5 Å². The molecule has 1 saturated heterocycles. The van der Waals surface area contributed by atoms with Crippen LogP contribution in [0.4, 0.5) is 11.4 Å². The Labute approximate surface area is 170 Å². The zero-order chi connectivity index (χ0) is 20.0. The molecule has 1 aliphatic heterocycles. The van der Waals surface area contributed by atoms with Crippen LogP contribution in [-0.2, 0) is 0 Å². The summed E-state index contributed by atoms with van der Waals surface area (Å²) in [5.41, 5.74) is 4.96. The SMILES string of the molecule is CCCCNc1cc(N2CCN(C)CC2)c2noc3c2c1C(=O)c1ccccc1-3. The molecule has 150 valence electrons. The highest BCUT2D eigenvalue weighted by Gasteiger charge is 2.33. The molecule has 0 saturated carbocycles. The summed E-state index contributed by atoms with van der Waals surface area (Å²) in [6.45, 7) is 6.90. The summed E-state index contributed by atoms with van der Waals surface area (Å²) >= 11 is 0. The highest BCUT2D eigenvalue weighted by Crippen LogP contribution is 2.45. The van der Waals surface area contributed by atoms with E-state index in [2.05, 4.69) is 40.3 Å². The van der Waals surface area contributed by atoms with E-state index in [1.807, 2.05) is 24.3 Å². The first-order valence-electron chi connectivity index (χ1n) is 10.5. The molecule has 0 spiro atoms. The minimum Gasteiger partial charge on any atom is -0.384 e. The third-order valence-corrected chi connectivity index (χ3v) is 6.07. The van der Waals surface area contributed by atoms with Crippen molar-refractivity contribution in [2.24, 2.45) is 0 Å². The Morgan fingerprint density at radius 2 is 1.90 bits per heavy atom. The van der Waals surface area contributed by atoms with Crippen LogP contribution in [0.15, 0.2) is 34.9 Å². The lowest BCUT2D eigenvalue weighted by Gasteiger charge is -2.34. The average molecular weight is 390 g/mol. The van der Waals surface area contributed by atoms with Crippen LogP contribution in [0, 0.1) is 0 Å². The number of unbranched alkanes of at least 4 members (excludes halogenated alkanes) is 1. The molecule has 0 radical (unpaired) electrons. The highest BCUT2D eigenvalue weighted by atomic mass is 16.5. The smallest absolute Gasteiger partial charge is 0.196 e. The summed E-state index contributed by atoms with van der Waals surface area (Å²) < 4.78 is 5.84. The number of hydrogen-bond acceptors (Lipinski definition) is 6. The number of nitrogens with one attached hydrogen (secondary N) is 1. The Morgan fingerprint density at radius 1 is 1.14 bits per heavy atom. The normalized spacial score (nSPS) is 16.3. The summed E-state index contributed by atoms with van der Waals surface area (Å²) in [5.74, 6) is 0.755. The number of piperazine rings is 1. The lowest BCUT2D eigenvalue weighted by molar-refractivity contribution is 0.104. The van der Waals surface area contributed by atoms with Gasteiger partial charge in [0.05, 0.1) is 16.6 Å². The predicted molar refractivity (Wildman–Crippen MR) is 116 cm³/mol. The maximum Gasteiger partial charge on any atom is 0.196 e. The zero-order valence-corrected chi connectivity index (χ0v) is 17.0. The largest absolute Gasteiger partial charge is 0.384 e. The first kappa shape index (κ1) is 18.2. The molecule has 3 aromatic rings. The van der Waals surface area contributed by atoms with Crippen LogP contribution in [0.5, 0.6) is 0 Å². The molecule has 2 heterocycles. The molecular weight excluding hydrogens is 364 g/mol. The second-order valence-electron chi connectivity index (χ2n) is 8.00. The number of likely N-dealkylation sites (N-methyl/N-ethyl adjacent to an activating group) is 1. The van der Waals surface area contributed by atoms with E-state index in [0.717, 1.165) is 73.4 Å². The number of fused-ring (bicyclic) bond motifs is 2. The fraction of sp³-hybridized carbons (Fsp3) is 0.391. The number of nitrogens with zero attached hydrogens (tertiary/aromatic N) is 3. The second kappa shape index (κ2) is 7.19. The van der Waals surface area contributed by atoms with Gasteiger partial charge < -0.3 is 19.6 Å². The molecule has 2 aliphatic rings. The van der Waals surface area contributed by atoms with Crippen LogP contribution >= 0.6 is 0 Å². The number of ketones is 1. The number of benzene rings is 2. The van der Waals surface area contributed by atoms with Gasteiger partial charge in [-0.2, -0.15) is 0 Å². The van der Waals surface area contributed by atoms with Crippen LogP contribution in [0.2, 0.25) is 0 Å². The average Bonchev–Trinajstić information content (AvgIpc) is 3.18. The fourth-order valence-corrected chi connectivity index (χ4v) is 4.37. The number of rotatable bonds is 5. The monoisotopic (exact) mass is 390 g/mol. The summed E-state index contributed by atoms with van der Waals surface area (Å²) in [6, 6.07) is 9.77. The van der Waals surface area contributed by atoms with Gasteiger partial charge in [-0.05, 0) is 19.5 Å². The van der Waals surface area contributed by atoms with Crippen molar-refractivity contribution in [1.29, 1.82) is 0 Å². The van der Waals surface area contributed by atoms with Gasteiger partial charge in [-0.1, -0.05) is 42.8 Å². The van der Waals surface area contributed by atoms with E-state index in [9.17, 15) is 4.79 Å². The van der Waals surface area contributed by atoms with E-state index in [1.54, 1.807) is 0 Å². The van der Waals surface area contributed by atoms with E-state index in [0.29, 0.717) is 16.9 Å². The van der Waals surface area contributed by atoms with Gasteiger partial charge in [-0.15, -0.1) is 0 Å². The number of carbonyl (C=O) groups is 1. The zero-order valence-electron chi connectivity index (χ0n) is 17.0. The van der Waals surface area contributed by atoms with Crippen molar-refractivity contribution in [2.75, 3.05) is 50.0 Å². The van der Waals surface area contributed by atoms with Gasteiger partial charge in [0.1, 0.15) is 5.52 Å². The first-order chi connectivity index (χ1) is 14.2. The van der Waals surface area contributed by atoms with Crippen LogP contribution in [-0.4, -0.2) is 55.6 Å². The maximum absolute atomic E-state index is 13.4. The van der Waals surface area contributed by atoms with Gasteiger partial charge >= 0.3 is 0 Å². The topological polar surface area (TPSA) is 61.6 Å². The van der Waals surface area contributed by atoms with Crippen molar-refractivity contribution in [3.8, 4) is 11.3 Å². The molecule has 0 bridgehead atoms. The van der Waals surface area contributed by atoms with Crippen LogP contribution in [0.1, 0.15) is 35.7 Å². The van der Waals surface area contributed by atoms with Crippen molar-refractivity contribution in [1.82, 2.24) is 10.1 Å². The van der Waals surface area contributed by atoms with E-state index in [4.69, 9.17) is 4.52 Å². The van der Waals surface area contributed by atoms with Crippen molar-refractivity contribution < 1.29 is 9.32 Å². The molecule has 5 rings (SSSR count). The number of anilines is 2. The Kier molecular flexibility index (Phi) is 4.51. The van der Waals surface area contributed by atoms with Gasteiger partial charge in [0, 0.05) is 49.5 Å². The Balaban J connectivity index is 1.71. The number of aromatic nitrogens is 1. The summed E-state index contributed by atoms with van der Waals surface area (Å²) in [7, 11) is 2.15. The third-order valence-electron chi connectivity index (χ3n) is 6.07. The summed E-state index contributed by atoms with van der Waals surface area (Å²) in [6.07, 6.45) is 2.16. The Hall–Kier alpha value is -2.86. The first-order valence-corrected chi connectivity index (χ1v) is 10.5. The predicted octanol–water partition coefficient (Wildman–Crippen LogP) is 4.00. The minimum atomic E-state index is 0.0465. The minimum absolute atomic E-state index is 0.0465. The van der Waals surface area contributed by atoms with E-state index < -0.39 is 0 Å². The van der Waals surface area contributed by atoms with Gasteiger partial charge in [-0.25, -0.2) is 0 Å². The van der Waals surface area contributed by atoms with Crippen molar-refractivity contribution in [3.05, 3.63) is 41.5 Å². The molecule has 1 aromatic heterocycles. The molecular formula is C23H26N4O2.